The molecule has 0 aliphatic heterocycles. The average Bonchev–Trinajstić information content (AvgIpc) is 2.24. The number of carbonyl (C=O) groups excluding carboxylic acids is 2. The highest BCUT2D eigenvalue weighted by atomic mass is 16.6. The third kappa shape index (κ3) is 5.35. The van der Waals surface area contributed by atoms with Gasteiger partial charge in [0.05, 0.1) is 0 Å². The van der Waals surface area contributed by atoms with E-state index >= 15 is 0 Å². The largest absolute Gasteiger partial charge is 0.457 e. The molecule has 1 rings (SSSR count). The van der Waals surface area contributed by atoms with Crippen LogP contribution >= 0.6 is 0 Å². The molecule has 0 atom stereocenters. The summed E-state index contributed by atoms with van der Waals surface area (Å²) < 4.78 is 10.8. The fraction of sp³-hybridized carbons (Fsp3) is 0.750. The lowest BCUT2D eigenvalue weighted by molar-refractivity contribution is -0.154. The van der Waals surface area contributed by atoms with Gasteiger partial charge in [0.25, 0.3) is 0 Å². The topological polar surface area (TPSA) is 52.6 Å². The Labute approximate surface area is 121 Å². The molecule has 1 aliphatic carbocycles. The van der Waals surface area contributed by atoms with Crippen LogP contribution in [0.1, 0.15) is 67.2 Å². The molecule has 0 aromatic heterocycles. The van der Waals surface area contributed by atoms with E-state index in [1.165, 1.54) is 0 Å². The first-order chi connectivity index (χ1) is 8.99. The molecular weight excluding hydrogens is 256 g/mol. The van der Waals surface area contributed by atoms with E-state index in [1.807, 2.05) is 41.5 Å². The molecule has 0 unspecified atom stereocenters. The van der Waals surface area contributed by atoms with Gasteiger partial charge < -0.3 is 9.47 Å². The number of esters is 2. The van der Waals surface area contributed by atoms with Gasteiger partial charge in [-0.25, -0.2) is 9.59 Å². The van der Waals surface area contributed by atoms with Crippen LogP contribution in [-0.2, 0) is 19.1 Å². The molecule has 0 saturated carbocycles. The van der Waals surface area contributed by atoms with Crippen LogP contribution in [0.2, 0.25) is 0 Å². The average molecular weight is 282 g/mol. The molecule has 1 aliphatic rings. The zero-order chi connectivity index (χ0) is 15.6. The van der Waals surface area contributed by atoms with Crippen molar-refractivity contribution in [3.63, 3.8) is 0 Å². The molecule has 114 valence electrons. The summed E-state index contributed by atoms with van der Waals surface area (Å²) in [7, 11) is 0. The summed E-state index contributed by atoms with van der Waals surface area (Å²) in [6.07, 6.45) is 2.98. The first-order valence-corrected chi connectivity index (χ1v) is 7.18. The van der Waals surface area contributed by atoms with Crippen molar-refractivity contribution in [1.29, 1.82) is 0 Å². The summed E-state index contributed by atoms with van der Waals surface area (Å²) in [5.74, 6) is -0.781. The summed E-state index contributed by atoms with van der Waals surface area (Å²) in [4.78, 5) is 24.4. The zero-order valence-electron chi connectivity index (χ0n) is 13.5. The van der Waals surface area contributed by atoms with Gasteiger partial charge >= 0.3 is 11.9 Å². The molecule has 0 aromatic rings. The molecule has 4 nitrogen and oxygen atoms in total. The molecule has 0 bridgehead atoms. The van der Waals surface area contributed by atoms with E-state index in [0.717, 1.165) is 12.8 Å². The van der Waals surface area contributed by atoms with Gasteiger partial charge in [0.15, 0.2) is 0 Å². The van der Waals surface area contributed by atoms with Crippen molar-refractivity contribution < 1.29 is 19.1 Å². The molecule has 0 N–H and O–H groups in total. The summed E-state index contributed by atoms with van der Waals surface area (Å²) >= 11 is 0. The summed E-state index contributed by atoms with van der Waals surface area (Å²) in [6.45, 7) is 10.9. The van der Waals surface area contributed by atoms with Crippen molar-refractivity contribution >= 4 is 11.9 Å². The number of hydrogen-bond acceptors (Lipinski definition) is 4. The normalized spacial score (nSPS) is 16.9. The van der Waals surface area contributed by atoms with Gasteiger partial charge in [-0.3, -0.25) is 0 Å². The molecule has 0 amide bonds. The van der Waals surface area contributed by atoms with Crippen molar-refractivity contribution in [3.05, 3.63) is 11.1 Å². The minimum Gasteiger partial charge on any atom is -0.457 e. The maximum absolute atomic E-state index is 12.2. The molecule has 4 heteroatoms. The fourth-order valence-electron chi connectivity index (χ4n) is 2.04. The van der Waals surface area contributed by atoms with Crippen LogP contribution in [0.15, 0.2) is 11.1 Å². The van der Waals surface area contributed by atoms with Gasteiger partial charge in [0.1, 0.15) is 11.2 Å². The second kappa shape index (κ2) is 5.98. The Balaban J connectivity index is 2.97. The maximum Gasteiger partial charge on any atom is 0.335 e. The highest BCUT2D eigenvalue weighted by Gasteiger charge is 2.30. The monoisotopic (exact) mass is 282 g/mol. The Morgan fingerprint density at radius 3 is 1.30 bits per heavy atom. The van der Waals surface area contributed by atoms with E-state index in [0.29, 0.717) is 24.0 Å². The Bertz CT molecular complexity index is 379. The van der Waals surface area contributed by atoms with E-state index in [1.54, 1.807) is 0 Å². The van der Waals surface area contributed by atoms with Crippen molar-refractivity contribution in [1.82, 2.24) is 0 Å². The van der Waals surface area contributed by atoms with Crippen LogP contribution in [0.3, 0.4) is 0 Å². The lowest BCUT2D eigenvalue weighted by Crippen LogP contribution is -2.30. The van der Waals surface area contributed by atoms with E-state index < -0.39 is 23.1 Å². The lowest BCUT2D eigenvalue weighted by atomic mass is 9.91. The van der Waals surface area contributed by atoms with Crippen LogP contribution in [0.25, 0.3) is 0 Å². The molecule has 0 saturated heterocycles. The molecular formula is C16H26O4. The van der Waals surface area contributed by atoms with Crippen molar-refractivity contribution in [2.45, 2.75) is 78.4 Å². The second-order valence-corrected chi connectivity index (χ2v) is 7.17. The van der Waals surface area contributed by atoms with Gasteiger partial charge in [-0.1, -0.05) is 0 Å². The van der Waals surface area contributed by atoms with Gasteiger partial charge in [-0.15, -0.1) is 0 Å². The van der Waals surface area contributed by atoms with Crippen LogP contribution in [0.5, 0.6) is 0 Å². The number of carbonyl (C=O) groups is 2. The van der Waals surface area contributed by atoms with Crippen LogP contribution in [0.4, 0.5) is 0 Å². The van der Waals surface area contributed by atoms with E-state index in [2.05, 4.69) is 0 Å². The second-order valence-electron chi connectivity index (χ2n) is 7.17. The number of hydrogen-bond donors (Lipinski definition) is 0. The van der Waals surface area contributed by atoms with E-state index in [4.69, 9.17) is 9.47 Å². The van der Waals surface area contributed by atoms with Gasteiger partial charge in [-0.2, -0.15) is 0 Å². The minimum absolute atomic E-state index is 0.391. The third-order valence-electron chi connectivity index (χ3n) is 2.76. The lowest BCUT2D eigenvalue weighted by Gasteiger charge is -2.26. The smallest absolute Gasteiger partial charge is 0.335 e. The first kappa shape index (κ1) is 16.7. The Kier molecular flexibility index (Phi) is 5.00. The number of ether oxygens (including phenoxy) is 2. The standard InChI is InChI=1S/C16H26O4/c1-15(2,3)19-13(17)11-9-7-8-10-12(11)14(18)20-16(4,5)6/h7-10H2,1-6H3. The molecule has 0 radical (unpaired) electrons. The van der Waals surface area contributed by atoms with Crippen LogP contribution < -0.4 is 0 Å². The summed E-state index contributed by atoms with van der Waals surface area (Å²) in [6, 6.07) is 0. The van der Waals surface area contributed by atoms with E-state index in [9.17, 15) is 9.59 Å². The SMILES string of the molecule is CC(C)(C)OC(=O)C1=C(C(=O)OC(C)(C)C)CCCC1. The highest BCUT2D eigenvalue weighted by Crippen LogP contribution is 2.29. The Hall–Kier alpha value is -1.32. The van der Waals surface area contributed by atoms with Crippen LogP contribution in [0, 0.1) is 0 Å². The van der Waals surface area contributed by atoms with Crippen LogP contribution in [-0.4, -0.2) is 23.1 Å². The Morgan fingerprint density at radius 1 is 0.750 bits per heavy atom. The van der Waals surface area contributed by atoms with Gasteiger partial charge in [0, 0.05) is 11.1 Å². The van der Waals surface area contributed by atoms with Crippen molar-refractivity contribution in [2.75, 3.05) is 0 Å². The van der Waals surface area contributed by atoms with Gasteiger partial charge in [-0.05, 0) is 67.2 Å². The fourth-order valence-corrected chi connectivity index (χ4v) is 2.04. The van der Waals surface area contributed by atoms with Crippen molar-refractivity contribution in [3.8, 4) is 0 Å². The van der Waals surface area contributed by atoms with E-state index in [-0.39, 0.29) is 0 Å². The number of rotatable bonds is 2. The molecule has 0 aromatic carbocycles. The maximum atomic E-state index is 12.2. The zero-order valence-corrected chi connectivity index (χ0v) is 13.5. The summed E-state index contributed by atoms with van der Waals surface area (Å²) in [5, 5.41) is 0. The minimum atomic E-state index is -0.555. The molecule has 20 heavy (non-hydrogen) atoms. The molecule has 0 heterocycles. The molecule has 0 fully saturated rings. The highest BCUT2D eigenvalue weighted by molar-refractivity contribution is 6.00. The predicted octanol–water partition coefficient (Wildman–Crippen LogP) is 3.54. The molecule has 0 spiro atoms. The summed E-state index contributed by atoms with van der Waals surface area (Å²) in [5.41, 5.74) is -0.137. The first-order valence-electron chi connectivity index (χ1n) is 7.18. The third-order valence-corrected chi connectivity index (χ3v) is 2.76. The Morgan fingerprint density at radius 2 is 1.05 bits per heavy atom. The van der Waals surface area contributed by atoms with Crippen molar-refractivity contribution in [2.24, 2.45) is 0 Å². The quantitative estimate of drug-likeness (QED) is 0.727. The van der Waals surface area contributed by atoms with Gasteiger partial charge in [0.2, 0.25) is 0 Å². The predicted molar refractivity (Wildman–Crippen MR) is 77.2 cm³/mol.